The Kier molecular flexibility index (Phi) is 4.05. The normalized spacial score (nSPS) is 26.4. The van der Waals surface area contributed by atoms with Crippen molar-refractivity contribution in [1.82, 2.24) is 4.90 Å². The van der Waals surface area contributed by atoms with Crippen LogP contribution in [0, 0.1) is 6.92 Å². The molecule has 0 spiro atoms. The molecule has 1 fully saturated rings. The van der Waals surface area contributed by atoms with Gasteiger partial charge < -0.3 is 15.7 Å². The summed E-state index contributed by atoms with van der Waals surface area (Å²) >= 11 is 0. The highest BCUT2D eigenvalue weighted by molar-refractivity contribution is 5.24. The Morgan fingerprint density at radius 2 is 2.28 bits per heavy atom. The number of aryl methyl sites for hydroxylation is 1. The second kappa shape index (κ2) is 5.39. The van der Waals surface area contributed by atoms with Gasteiger partial charge in [0.25, 0.3) is 0 Å². The zero-order valence-electron chi connectivity index (χ0n) is 11.4. The highest BCUT2D eigenvalue weighted by Gasteiger charge is 2.30. The molecule has 0 bridgehead atoms. The second-order valence-corrected chi connectivity index (χ2v) is 5.83. The van der Waals surface area contributed by atoms with Gasteiger partial charge in [-0.15, -0.1) is 0 Å². The molecule has 0 aliphatic carbocycles. The van der Waals surface area contributed by atoms with E-state index >= 15 is 0 Å². The minimum Gasteiger partial charge on any atom is -0.389 e. The molecule has 0 amide bonds. The van der Waals surface area contributed by atoms with Crippen molar-refractivity contribution in [1.29, 1.82) is 0 Å². The van der Waals surface area contributed by atoms with Crippen molar-refractivity contribution < 1.29 is 5.11 Å². The Morgan fingerprint density at radius 1 is 1.50 bits per heavy atom. The molecule has 1 aliphatic rings. The first-order valence-electron chi connectivity index (χ1n) is 6.73. The average Bonchev–Trinajstić information content (AvgIpc) is 2.66. The minimum atomic E-state index is -0.507. The van der Waals surface area contributed by atoms with E-state index in [0.29, 0.717) is 0 Å². The van der Waals surface area contributed by atoms with Gasteiger partial charge in [0.05, 0.1) is 5.60 Å². The summed E-state index contributed by atoms with van der Waals surface area (Å²) < 4.78 is 0. The lowest BCUT2D eigenvalue weighted by molar-refractivity contribution is 0.0684. The van der Waals surface area contributed by atoms with Gasteiger partial charge in [-0.3, -0.25) is 0 Å². The Labute approximate surface area is 110 Å². The molecule has 2 atom stereocenters. The summed E-state index contributed by atoms with van der Waals surface area (Å²) in [4.78, 5) is 2.30. The fraction of sp³-hybridized carbons (Fsp3) is 0.600. The number of hydrogen-bond donors (Lipinski definition) is 2. The van der Waals surface area contributed by atoms with Crippen molar-refractivity contribution >= 4 is 0 Å². The number of hydrogen-bond acceptors (Lipinski definition) is 3. The van der Waals surface area contributed by atoms with Crippen LogP contribution in [-0.4, -0.2) is 35.2 Å². The van der Waals surface area contributed by atoms with Crippen molar-refractivity contribution in [3.63, 3.8) is 0 Å². The molecule has 0 aromatic heterocycles. The van der Waals surface area contributed by atoms with Gasteiger partial charge in [-0.2, -0.15) is 0 Å². The van der Waals surface area contributed by atoms with Crippen molar-refractivity contribution in [2.45, 2.75) is 38.3 Å². The number of nitrogens with zero attached hydrogens (tertiary/aromatic N) is 1. The van der Waals surface area contributed by atoms with Crippen LogP contribution in [0.25, 0.3) is 0 Å². The quantitative estimate of drug-likeness (QED) is 0.855. The molecule has 3 heteroatoms. The zero-order chi connectivity index (χ0) is 13.2. The van der Waals surface area contributed by atoms with E-state index in [-0.39, 0.29) is 6.04 Å². The molecule has 100 valence electrons. The summed E-state index contributed by atoms with van der Waals surface area (Å²) in [5.41, 5.74) is 8.18. The van der Waals surface area contributed by atoms with Gasteiger partial charge >= 0.3 is 0 Å². The maximum absolute atomic E-state index is 9.91. The summed E-state index contributed by atoms with van der Waals surface area (Å²) in [5.74, 6) is 0. The molecule has 1 aromatic carbocycles. The van der Waals surface area contributed by atoms with Crippen LogP contribution in [-0.2, 0) is 0 Å². The maximum Gasteiger partial charge on any atom is 0.0758 e. The van der Waals surface area contributed by atoms with Crippen LogP contribution >= 0.6 is 0 Å². The Balaban J connectivity index is 1.84. The Morgan fingerprint density at radius 3 is 2.89 bits per heavy atom. The summed E-state index contributed by atoms with van der Waals surface area (Å²) in [6.45, 7) is 6.72. The topological polar surface area (TPSA) is 49.5 Å². The van der Waals surface area contributed by atoms with Crippen LogP contribution < -0.4 is 5.73 Å². The molecule has 2 unspecified atom stereocenters. The molecule has 3 N–H and O–H groups in total. The summed E-state index contributed by atoms with van der Waals surface area (Å²) in [7, 11) is 0. The van der Waals surface area contributed by atoms with E-state index in [4.69, 9.17) is 5.73 Å². The van der Waals surface area contributed by atoms with Gasteiger partial charge in [0.2, 0.25) is 0 Å². The van der Waals surface area contributed by atoms with Gasteiger partial charge in [0.1, 0.15) is 0 Å². The van der Waals surface area contributed by atoms with E-state index in [1.165, 1.54) is 11.1 Å². The fourth-order valence-electron chi connectivity index (χ4n) is 2.62. The van der Waals surface area contributed by atoms with Crippen LogP contribution in [0.1, 0.15) is 36.9 Å². The largest absolute Gasteiger partial charge is 0.389 e. The minimum absolute atomic E-state index is 0.0930. The van der Waals surface area contributed by atoms with Gasteiger partial charge in [0.15, 0.2) is 0 Å². The van der Waals surface area contributed by atoms with Crippen LogP contribution in [0.3, 0.4) is 0 Å². The second-order valence-electron chi connectivity index (χ2n) is 5.83. The van der Waals surface area contributed by atoms with Crippen molar-refractivity contribution in [2.24, 2.45) is 5.73 Å². The smallest absolute Gasteiger partial charge is 0.0758 e. The third kappa shape index (κ3) is 3.55. The molecule has 18 heavy (non-hydrogen) atoms. The van der Waals surface area contributed by atoms with Crippen LogP contribution in [0.5, 0.6) is 0 Å². The monoisotopic (exact) mass is 248 g/mol. The SMILES string of the molecule is Cc1cccc(C(N)CCN2CCC(C)(O)C2)c1. The Hall–Kier alpha value is -0.900. The first-order chi connectivity index (χ1) is 8.46. The standard InChI is InChI=1S/C15H24N2O/c1-12-4-3-5-13(10-12)14(16)6-8-17-9-7-15(2,18)11-17/h3-5,10,14,18H,6-9,11,16H2,1-2H3. The molecule has 1 heterocycles. The first kappa shape index (κ1) is 13.5. The fourth-order valence-corrected chi connectivity index (χ4v) is 2.62. The van der Waals surface area contributed by atoms with Crippen molar-refractivity contribution in [3.8, 4) is 0 Å². The first-order valence-corrected chi connectivity index (χ1v) is 6.73. The van der Waals surface area contributed by atoms with E-state index in [9.17, 15) is 5.11 Å². The molecule has 1 aliphatic heterocycles. The third-order valence-electron chi connectivity index (χ3n) is 3.76. The number of nitrogens with two attached hydrogens (primary N) is 1. The molecule has 1 aromatic rings. The van der Waals surface area contributed by atoms with Gasteiger partial charge in [-0.1, -0.05) is 29.8 Å². The summed E-state index contributed by atoms with van der Waals surface area (Å²) in [6, 6.07) is 8.50. The zero-order valence-corrected chi connectivity index (χ0v) is 11.4. The number of rotatable bonds is 4. The predicted molar refractivity (Wildman–Crippen MR) is 74.4 cm³/mol. The average molecular weight is 248 g/mol. The molecular formula is C15H24N2O. The van der Waals surface area contributed by atoms with E-state index in [2.05, 4.69) is 36.1 Å². The highest BCUT2D eigenvalue weighted by Crippen LogP contribution is 2.22. The molecular weight excluding hydrogens is 224 g/mol. The van der Waals surface area contributed by atoms with E-state index in [1.807, 2.05) is 6.92 Å². The number of benzene rings is 1. The molecule has 3 nitrogen and oxygen atoms in total. The van der Waals surface area contributed by atoms with Crippen LogP contribution in [0.15, 0.2) is 24.3 Å². The van der Waals surface area contributed by atoms with Crippen LogP contribution in [0.4, 0.5) is 0 Å². The lowest BCUT2D eigenvalue weighted by Gasteiger charge is -2.21. The molecule has 2 rings (SSSR count). The summed E-state index contributed by atoms with van der Waals surface area (Å²) in [5, 5.41) is 9.91. The van der Waals surface area contributed by atoms with Gasteiger partial charge in [-0.05, 0) is 32.3 Å². The van der Waals surface area contributed by atoms with Crippen molar-refractivity contribution in [3.05, 3.63) is 35.4 Å². The maximum atomic E-state index is 9.91. The predicted octanol–water partition coefficient (Wildman–Crippen LogP) is 1.84. The lowest BCUT2D eigenvalue weighted by Crippen LogP contribution is -2.31. The van der Waals surface area contributed by atoms with E-state index in [0.717, 1.165) is 32.5 Å². The lowest BCUT2D eigenvalue weighted by atomic mass is 10.0. The van der Waals surface area contributed by atoms with Crippen LogP contribution in [0.2, 0.25) is 0 Å². The molecule has 0 radical (unpaired) electrons. The third-order valence-corrected chi connectivity index (χ3v) is 3.76. The van der Waals surface area contributed by atoms with Gasteiger partial charge in [-0.25, -0.2) is 0 Å². The summed E-state index contributed by atoms with van der Waals surface area (Å²) in [6.07, 6.45) is 1.81. The highest BCUT2D eigenvalue weighted by atomic mass is 16.3. The molecule has 0 saturated carbocycles. The van der Waals surface area contributed by atoms with E-state index in [1.54, 1.807) is 0 Å². The van der Waals surface area contributed by atoms with Crippen molar-refractivity contribution in [2.75, 3.05) is 19.6 Å². The number of aliphatic hydroxyl groups is 1. The Bertz CT molecular complexity index is 403. The number of β-amino-alcohol motifs (C(OH)–C–C–N with tert-alkyl or cyclic N) is 1. The molecule has 1 saturated heterocycles. The van der Waals surface area contributed by atoms with Gasteiger partial charge in [0, 0.05) is 25.7 Å². The number of likely N-dealkylation sites (tertiary alicyclic amines) is 1. The van der Waals surface area contributed by atoms with E-state index < -0.39 is 5.60 Å².